The molecule has 8 heteroatoms. The first-order chi connectivity index (χ1) is 9.76. The third-order valence-corrected chi connectivity index (χ3v) is 13.2. The molecule has 0 aliphatic carbocycles. The Hall–Kier alpha value is 1.05. The van der Waals surface area contributed by atoms with Crippen LogP contribution in [0.2, 0.25) is 0 Å². The zero-order valence-corrected chi connectivity index (χ0v) is 17.1. The minimum atomic E-state index is 1.08. The molecule has 0 bridgehead atoms. The van der Waals surface area contributed by atoms with Gasteiger partial charge in [0.25, 0.3) is 0 Å². The fourth-order valence-corrected chi connectivity index (χ4v) is 13.4. The average molecular weight is 385 g/mol. The van der Waals surface area contributed by atoms with E-state index in [1.54, 1.807) is 0 Å². The minimum absolute atomic E-state index is 1.08. The quantitative estimate of drug-likeness (QED) is 0.510. The van der Waals surface area contributed by atoms with Crippen LogP contribution in [0.1, 0.15) is 27.7 Å². The monoisotopic (exact) mass is 384 g/mol. The number of rotatable bonds is 6. The highest BCUT2D eigenvalue weighted by molar-refractivity contribution is 9.36. The molecule has 0 aromatic carbocycles. The molecule has 0 spiro atoms. The Labute approximate surface area is 145 Å². The lowest BCUT2D eigenvalue weighted by Crippen LogP contribution is -2.21. The van der Waals surface area contributed by atoms with Gasteiger partial charge in [0.1, 0.15) is 10.0 Å². The minimum Gasteiger partial charge on any atom is -0.363 e. The van der Waals surface area contributed by atoms with Crippen molar-refractivity contribution >= 4 is 72.4 Å². The molecule has 1 aromatic heterocycles. The van der Waals surface area contributed by atoms with Crippen molar-refractivity contribution in [3.05, 3.63) is 0 Å². The Morgan fingerprint density at radius 3 is 1.40 bits per heavy atom. The second-order valence-electron chi connectivity index (χ2n) is 4.09. The van der Waals surface area contributed by atoms with Gasteiger partial charge in [0.2, 0.25) is 0 Å². The summed E-state index contributed by atoms with van der Waals surface area (Å²) in [6.07, 6.45) is 0. The summed E-state index contributed by atoms with van der Waals surface area (Å²) in [6.45, 7) is 13.3. The first kappa shape index (κ1) is 17.4. The summed E-state index contributed by atoms with van der Waals surface area (Å²) in [7, 11) is 9.52. The maximum atomic E-state index is 2.49. The van der Waals surface area contributed by atoms with Crippen LogP contribution in [0.4, 0.5) is 10.0 Å². The summed E-state index contributed by atoms with van der Waals surface area (Å²) >= 11 is 1.97. The zero-order valence-electron chi connectivity index (χ0n) is 12.2. The Morgan fingerprint density at radius 1 is 0.650 bits per heavy atom. The zero-order chi connectivity index (χ0) is 14.5. The molecule has 0 unspecified atom stereocenters. The van der Waals surface area contributed by atoms with Crippen molar-refractivity contribution in [1.29, 1.82) is 0 Å². The molecule has 0 saturated carbocycles. The third-order valence-electron chi connectivity index (χ3n) is 3.18. The van der Waals surface area contributed by atoms with Crippen molar-refractivity contribution in [2.75, 3.05) is 36.0 Å². The van der Waals surface area contributed by atoms with Crippen molar-refractivity contribution < 1.29 is 0 Å². The molecule has 2 rings (SSSR count). The SMILES string of the molecule is CCN(CC)c1sc(N(CC)CC)c2c1SSSSS2. The van der Waals surface area contributed by atoms with Crippen LogP contribution in [-0.4, -0.2) is 26.2 Å². The van der Waals surface area contributed by atoms with Crippen molar-refractivity contribution in [1.82, 2.24) is 0 Å². The largest absolute Gasteiger partial charge is 0.363 e. The molecule has 1 aromatic rings. The molecule has 20 heavy (non-hydrogen) atoms. The third kappa shape index (κ3) is 3.68. The highest BCUT2D eigenvalue weighted by Crippen LogP contribution is 2.65. The number of hydrogen-bond acceptors (Lipinski definition) is 8. The van der Waals surface area contributed by atoms with Crippen molar-refractivity contribution in [2.45, 2.75) is 37.5 Å². The molecule has 1 aliphatic rings. The summed E-state index contributed by atoms with van der Waals surface area (Å²) < 4.78 is 0. The van der Waals surface area contributed by atoms with E-state index in [0.29, 0.717) is 0 Å². The van der Waals surface area contributed by atoms with Crippen LogP contribution in [0.3, 0.4) is 0 Å². The average Bonchev–Trinajstić information content (AvgIpc) is 2.66. The molecule has 0 atom stereocenters. The van der Waals surface area contributed by atoms with Crippen LogP contribution >= 0.6 is 62.4 Å². The Kier molecular flexibility index (Phi) is 7.50. The van der Waals surface area contributed by atoms with Gasteiger partial charge in [-0.15, -0.1) is 0 Å². The van der Waals surface area contributed by atoms with Gasteiger partial charge in [-0.05, 0) is 78.8 Å². The van der Waals surface area contributed by atoms with Gasteiger partial charge in [-0.1, -0.05) is 11.3 Å². The van der Waals surface area contributed by atoms with E-state index in [1.807, 2.05) is 62.4 Å². The van der Waals surface area contributed by atoms with E-state index in [4.69, 9.17) is 0 Å². The molecule has 1 aliphatic heterocycles. The topological polar surface area (TPSA) is 6.48 Å². The van der Waals surface area contributed by atoms with E-state index in [9.17, 15) is 0 Å². The molecule has 0 radical (unpaired) electrons. The molecular formula is C12H20N2S6. The lowest BCUT2D eigenvalue weighted by atomic mass is 10.4. The lowest BCUT2D eigenvalue weighted by molar-refractivity contribution is 0.857. The van der Waals surface area contributed by atoms with Gasteiger partial charge in [0, 0.05) is 26.2 Å². The molecule has 0 saturated heterocycles. The Bertz CT molecular complexity index is 391. The summed E-state index contributed by atoms with van der Waals surface area (Å²) in [5, 5.41) is 2.92. The lowest BCUT2D eigenvalue weighted by Gasteiger charge is -2.21. The standard InChI is InChI=1S/C12H20N2S6/c1-5-13(6-2)11-9-10(17-19-20-18-16-9)12(15-11)14(7-3)8-4/h5-8H2,1-4H3. The van der Waals surface area contributed by atoms with Crippen molar-refractivity contribution in [3.8, 4) is 0 Å². The number of anilines is 2. The molecular weight excluding hydrogens is 365 g/mol. The number of nitrogens with zero attached hydrogens (tertiary/aromatic N) is 2. The predicted octanol–water partition coefficient (Wildman–Crippen LogP) is 6.50. The van der Waals surface area contributed by atoms with Gasteiger partial charge >= 0.3 is 0 Å². The van der Waals surface area contributed by atoms with E-state index in [0.717, 1.165) is 26.2 Å². The number of fused-ring (bicyclic) bond motifs is 1. The summed E-state index contributed by atoms with van der Waals surface area (Å²) in [5.41, 5.74) is 0. The van der Waals surface area contributed by atoms with E-state index in [1.165, 1.54) is 19.8 Å². The van der Waals surface area contributed by atoms with Crippen LogP contribution in [0, 0.1) is 0 Å². The van der Waals surface area contributed by atoms with Crippen molar-refractivity contribution in [2.24, 2.45) is 0 Å². The maximum absolute atomic E-state index is 2.49. The van der Waals surface area contributed by atoms with Gasteiger partial charge in [0.15, 0.2) is 0 Å². The summed E-state index contributed by atoms with van der Waals surface area (Å²) in [5.74, 6) is 0. The first-order valence-corrected chi connectivity index (χ1v) is 13.7. The van der Waals surface area contributed by atoms with Crippen LogP contribution in [0.5, 0.6) is 0 Å². The Morgan fingerprint density at radius 2 is 1.05 bits per heavy atom. The molecule has 114 valence electrons. The predicted molar refractivity (Wildman–Crippen MR) is 106 cm³/mol. The van der Waals surface area contributed by atoms with Gasteiger partial charge in [0.05, 0.1) is 9.79 Å². The molecule has 0 N–H and O–H groups in total. The highest BCUT2D eigenvalue weighted by atomic mass is 33.8. The van der Waals surface area contributed by atoms with Crippen LogP contribution < -0.4 is 9.80 Å². The normalized spacial score (nSPS) is 14.8. The van der Waals surface area contributed by atoms with Gasteiger partial charge in [-0.25, -0.2) is 0 Å². The van der Waals surface area contributed by atoms with E-state index >= 15 is 0 Å². The van der Waals surface area contributed by atoms with Crippen molar-refractivity contribution in [3.63, 3.8) is 0 Å². The molecule has 2 nitrogen and oxygen atoms in total. The fraction of sp³-hybridized carbons (Fsp3) is 0.667. The first-order valence-electron chi connectivity index (χ1n) is 6.77. The fourth-order valence-electron chi connectivity index (χ4n) is 2.07. The van der Waals surface area contributed by atoms with Gasteiger partial charge in [-0.2, -0.15) is 0 Å². The second kappa shape index (κ2) is 8.62. The van der Waals surface area contributed by atoms with Gasteiger partial charge in [-0.3, -0.25) is 0 Å². The highest BCUT2D eigenvalue weighted by Gasteiger charge is 2.27. The molecule has 0 amide bonds. The molecule has 0 fully saturated rings. The number of hydrogen-bond donors (Lipinski definition) is 0. The smallest absolute Gasteiger partial charge is 0.109 e. The number of thiophene rings is 1. The van der Waals surface area contributed by atoms with Crippen LogP contribution in [0.15, 0.2) is 9.79 Å². The van der Waals surface area contributed by atoms with E-state index < -0.39 is 0 Å². The van der Waals surface area contributed by atoms with E-state index in [2.05, 4.69) is 37.5 Å². The van der Waals surface area contributed by atoms with Gasteiger partial charge < -0.3 is 9.80 Å². The maximum Gasteiger partial charge on any atom is 0.109 e. The Balaban J connectivity index is 2.47. The second-order valence-corrected chi connectivity index (χ2v) is 12.5. The van der Waals surface area contributed by atoms with Crippen LogP contribution in [-0.2, 0) is 0 Å². The summed E-state index contributed by atoms with van der Waals surface area (Å²) in [6, 6.07) is 0. The van der Waals surface area contributed by atoms with Crippen LogP contribution in [0.25, 0.3) is 0 Å². The summed E-state index contributed by atoms with van der Waals surface area (Å²) in [4.78, 5) is 7.94. The molecule has 2 heterocycles. The van der Waals surface area contributed by atoms with E-state index in [-0.39, 0.29) is 0 Å².